The van der Waals surface area contributed by atoms with Gasteiger partial charge in [-0.25, -0.2) is 8.42 Å². The summed E-state index contributed by atoms with van der Waals surface area (Å²) in [7, 11) is -2.03. The third kappa shape index (κ3) is 4.14. The van der Waals surface area contributed by atoms with Crippen molar-refractivity contribution >= 4 is 33.3 Å². The summed E-state index contributed by atoms with van der Waals surface area (Å²) in [5.74, 6) is 0.511. The second-order valence-corrected chi connectivity index (χ2v) is 8.67. The van der Waals surface area contributed by atoms with E-state index in [1.54, 1.807) is 40.5 Å². The van der Waals surface area contributed by atoms with Crippen molar-refractivity contribution in [3.63, 3.8) is 0 Å². The van der Waals surface area contributed by atoms with Gasteiger partial charge in [0.25, 0.3) is 0 Å². The second-order valence-electron chi connectivity index (χ2n) is 5.75. The Labute approximate surface area is 157 Å². The Morgan fingerprint density at radius 2 is 1.81 bits per heavy atom. The van der Waals surface area contributed by atoms with Crippen LogP contribution < -0.4 is 4.74 Å². The van der Waals surface area contributed by atoms with E-state index in [2.05, 4.69) is 0 Å². The molecule has 1 fully saturated rings. The first-order chi connectivity index (χ1) is 12.5. The summed E-state index contributed by atoms with van der Waals surface area (Å²) >= 11 is 1.56. The predicted molar refractivity (Wildman–Crippen MR) is 102 cm³/mol. The highest BCUT2D eigenvalue weighted by Gasteiger charge is 2.29. The van der Waals surface area contributed by atoms with E-state index in [-0.39, 0.29) is 23.9 Å². The first kappa shape index (κ1) is 18.6. The van der Waals surface area contributed by atoms with Crippen molar-refractivity contribution in [3.05, 3.63) is 52.7 Å². The van der Waals surface area contributed by atoms with Crippen molar-refractivity contribution in [1.29, 1.82) is 0 Å². The minimum atomic E-state index is -3.56. The fourth-order valence-electron chi connectivity index (χ4n) is 2.69. The molecule has 2 heterocycles. The van der Waals surface area contributed by atoms with Crippen molar-refractivity contribution in [2.45, 2.75) is 4.90 Å². The molecule has 0 atom stereocenters. The van der Waals surface area contributed by atoms with Gasteiger partial charge >= 0.3 is 0 Å². The summed E-state index contributed by atoms with van der Waals surface area (Å²) in [4.78, 5) is 15.2. The average molecular weight is 393 g/mol. The van der Waals surface area contributed by atoms with E-state index in [9.17, 15) is 13.2 Å². The zero-order chi connectivity index (χ0) is 18.6. The van der Waals surface area contributed by atoms with E-state index in [1.165, 1.54) is 23.5 Å². The third-order valence-corrected chi connectivity index (χ3v) is 6.93. The van der Waals surface area contributed by atoms with E-state index < -0.39 is 10.0 Å². The molecule has 0 saturated carbocycles. The number of thiophene rings is 1. The van der Waals surface area contributed by atoms with Gasteiger partial charge in [0.05, 0.1) is 12.0 Å². The van der Waals surface area contributed by atoms with Gasteiger partial charge in [0.1, 0.15) is 5.75 Å². The van der Waals surface area contributed by atoms with E-state index >= 15 is 0 Å². The maximum Gasteiger partial charge on any atom is 0.246 e. The molecule has 1 aromatic heterocycles. The van der Waals surface area contributed by atoms with Crippen LogP contribution >= 0.6 is 11.3 Å². The van der Waals surface area contributed by atoms with Crippen LogP contribution in [0.2, 0.25) is 0 Å². The van der Waals surface area contributed by atoms with Gasteiger partial charge in [0.15, 0.2) is 0 Å². The molecule has 2 aromatic rings. The van der Waals surface area contributed by atoms with Crippen LogP contribution in [0.4, 0.5) is 0 Å². The maximum atomic E-state index is 12.7. The number of piperazine rings is 1. The van der Waals surface area contributed by atoms with E-state index in [4.69, 9.17) is 4.74 Å². The lowest BCUT2D eigenvalue weighted by Gasteiger charge is -2.33. The van der Waals surface area contributed by atoms with E-state index in [1.807, 2.05) is 17.5 Å². The van der Waals surface area contributed by atoms with Crippen molar-refractivity contribution in [2.75, 3.05) is 33.3 Å². The second kappa shape index (κ2) is 8.03. The number of carbonyl (C=O) groups is 1. The van der Waals surface area contributed by atoms with Crippen LogP contribution in [0.1, 0.15) is 4.88 Å². The van der Waals surface area contributed by atoms with Gasteiger partial charge in [0, 0.05) is 37.1 Å². The number of hydrogen-bond acceptors (Lipinski definition) is 5. The zero-order valence-corrected chi connectivity index (χ0v) is 16.0. The number of amides is 1. The van der Waals surface area contributed by atoms with Crippen LogP contribution in [0.15, 0.2) is 52.7 Å². The molecule has 0 bridgehead atoms. The van der Waals surface area contributed by atoms with Gasteiger partial charge in [-0.15, -0.1) is 11.3 Å². The number of rotatable bonds is 5. The Hall–Kier alpha value is -2.16. The van der Waals surface area contributed by atoms with Crippen LogP contribution in [0.3, 0.4) is 0 Å². The molecule has 0 spiro atoms. The zero-order valence-electron chi connectivity index (χ0n) is 14.4. The normalized spacial score (nSPS) is 16.1. The molecule has 6 nitrogen and oxygen atoms in total. The van der Waals surface area contributed by atoms with Gasteiger partial charge in [0.2, 0.25) is 15.9 Å². The smallest absolute Gasteiger partial charge is 0.246 e. The third-order valence-electron chi connectivity index (χ3n) is 4.18. The minimum absolute atomic E-state index is 0.0973. The fraction of sp³-hybridized carbons (Fsp3) is 0.278. The molecule has 0 aliphatic carbocycles. The molecule has 1 aromatic carbocycles. The Bertz CT molecular complexity index is 866. The summed E-state index contributed by atoms with van der Waals surface area (Å²) in [6.07, 6.45) is 3.33. The Balaban J connectivity index is 1.61. The number of ether oxygens (including phenoxy) is 1. The summed E-state index contributed by atoms with van der Waals surface area (Å²) in [5.41, 5.74) is 0. The SMILES string of the molecule is COc1ccc(S(=O)(=O)N2CCN(C(=O)C=Cc3cccs3)CC2)cc1. The Morgan fingerprint density at radius 3 is 2.38 bits per heavy atom. The predicted octanol–water partition coefficient (Wildman–Crippen LogP) is 2.30. The number of methoxy groups -OCH3 is 1. The van der Waals surface area contributed by atoms with Gasteiger partial charge < -0.3 is 9.64 Å². The van der Waals surface area contributed by atoms with E-state index in [0.29, 0.717) is 18.8 Å². The average Bonchev–Trinajstić information content (AvgIpc) is 3.20. The molecule has 1 aliphatic heterocycles. The lowest BCUT2D eigenvalue weighted by Crippen LogP contribution is -2.50. The molecule has 1 saturated heterocycles. The first-order valence-electron chi connectivity index (χ1n) is 8.15. The number of nitrogens with zero attached hydrogens (tertiary/aromatic N) is 2. The van der Waals surface area contributed by atoms with Gasteiger partial charge in [-0.3, -0.25) is 4.79 Å². The molecular formula is C18H20N2O4S2. The molecule has 26 heavy (non-hydrogen) atoms. The fourth-order valence-corrected chi connectivity index (χ4v) is 4.73. The summed E-state index contributed by atoms with van der Waals surface area (Å²) in [6.45, 7) is 1.33. The van der Waals surface area contributed by atoms with Crippen molar-refractivity contribution in [3.8, 4) is 5.75 Å². The molecule has 1 aliphatic rings. The van der Waals surface area contributed by atoms with Gasteiger partial charge in [-0.05, 0) is 41.8 Å². The van der Waals surface area contributed by atoms with Crippen LogP contribution in [-0.4, -0.2) is 56.8 Å². The molecule has 0 radical (unpaired) electrons. The summed E-state index contributed by atoms with van der Waals surface area (Å²) in [6, 6.07) is 10.2. The van der Waals surface area contributed by atoms with Gasteiger partial charge in [-0.2, -0.15) is 4.31 Å². The Kier molecular flexibility index (Phi) is 5.75. The molecule has 0 N–H and O–H groups in total. The number of hydrogen-bond donors (Lipinski definition) is 0. The lowest BCUT2D eigenvalue weighted by molar-refractivity contribution is -0.127. The molecule has 0 unspecified atom stereocenters. The highest BCUT2D eigenvalue weighted by molar-refractivity contribution is 7.89. The Morgan fingerprint density at radius 1 is 1.12 bits per heavy atom. The van der Waals surface area contributed by atoms with Crippen molar-refractivity contribution in [1.82, 2.24) is 9.21 Å². The molecule has 1 amide bonds. The minimum Gasteiger partial charge on any atom is -0.497 e. The molecular weight excluding hydrogens is 372 g/mol. The van der Waals surface area contributed by atoms with E-state index in [0.717, 1.165) is 4.88 Å². The molecule has 3 rings (SSSR count). The monoisotopic (exact) mass is 392 g/mol. The first-order valence-corrected chi connectivity index (χ1v) is 10.5. The van der Waals surface area contributed by atoms with Crippen LogP contribution in [0.25, 0.3) is 6.08 Å². The summed E-state index contributed by atoms with van der Waals surface area (Å²) < 4.78 is 31.9. The van der Waals surface area contributed by atoms with Crippen molar-refractivity contribution in [2.24, 2.45) is 0 Å². The number of sulfonamides is 1. The highest BCUT2D eigenvalue weighted by Crippen LogP contribution is 2.21. The standard InChI is InChI=1S/C18H20N2O4S2/c1-24-15-4-7-17(8-5-15)26(22,23)20-12-10-19(11-13-20)18(21)9-6-16-3-2-14-25-16/h2-9,14H,10-13H2,1H3. The number of benzene rings is 1. The topological polar surface area (TPSA) is 66.9 Å². The largest absolute Gasteiger partial charge is 0.497 e. The number of carbonyl (C=O) groups excluding carboxylic acids is 1. The highest BCUT2D eigenvalue weighted by atomic mass is 32.2. The van der Waals surface area contributed by atoms with Crippen LogP contribution in [-0.2, 0) is 14.8 Å². The lowest BCUT2D eigenvalue weighted by atomic mass is 10.3. The van der Waals surface area contributed by atoms with Gasteiger partial charge in [-0.1, -0.05) is 6.07 Å². The molecule has 138 valence electrons. The quantitative estimate of drug-likeness (QED) is 0.733. The molecule has 8 heteroatoms. The van der Waals surface area contributed by atoms with Crippen LogP contribution in [0, 0.1) is 0 Å². The van der Waals surface area contributed by atoms with Crippen molar-refractivity contribution < 1.29 is 17.9 Å². The maximum absolute atomic E-state index is 12.7. The van der Waals surface area contributed by atoms with Crippen LogP contribution in [0.5, 0.6) is 5.75 Å². The summed E-state index contributed by atoms with van der Waals surface area (Å²) in [5, 5.41) is 1.95.